The number of amides is 1. The minimum Gasteiger partial charge on any atom is -0.455 e. The number of aromatic nitrogens is 2. The second-order valence-corrected chi connectivity index (χ2v) is 7.72. The van der Waals surface area contributed by atoms with Crippen molar-refractivity contribution >= 4 is 22.6 Å². The van der Waals surface area contributed by atoms with Gasteiger partial charge in [0.1, 0.15) is 0 Å². The molecule has 2 heterocycles. The Morgan fingerprint density at radius 1 is 1.11 bits per heavy atom. The zero-order chi connectivity index (χ0) is 19.5. The SMILES string of the molecule is O=C(Cc1n[nH]c(=O)c2ccccc12)OCC(=O)N1CCC[C@H]2CCCC[C@@H]21. The van der Waals surface area contributed by atoms with Crippen LogP contribution in [-0.2, 0) is 20.7 Å². The van der Waals surface area contributed by atoms with E-state index in [-0.39, 0.29) is 24.5 Å². The number of rotatable bonds is 4. The predicted molar refractivity (Wildman–Crippen MR) is 104 cm³/mol. The van der Waals surface area contributed by atoms with Gasteiger partial charge in [-0.25, -0.2) is 5.10 Å². The Bertz CT molecular complexity index is 937. The Morgan fingerprint density at radius 2 is 1.86 bits per heavy atom. The standard InChI is InChI=1S/C21H25N3O4/c25-19(24-11-5-7-14-6-1-4-10-18(14)24)13-28-20(26)12-17-15-8-2-3-9-16(15)21(27)23-22-17/h2-3,8-9,14,18H,1,4-7,10-13H2,(H,23,27)/t14-,18+/m1/s1. The van der Waals surface area contributed by atoms with Crippen molar-refractivity contribution in [3.05, 3.63) is 40.3 Å². The lowest BCUT2D eigenvalue weighted by molar-refractivity contribution is -0.154. The average molecular weight is 383 g/mol. The molecule has 2 atom stereocenters. The van der Waals surface area contributed by atoms with Gasteiger partial charge in [0.2, 0.25) is 0 Å². The number of nitrogens with one attached hydrogen (secondary N) is 1. The number of nitrogens with zero attached hydrogens (tertiary/aromatic N) is 2. The van der Waals surface area contributed by atoms with Crippen molar-refractivity contribution in [2.75, 3.05) is 13.2 Å². The number of benzene rings is 1. The average Bonchev–Trinajstić information content (AvgIpc) is 2.74. The van der Waals surface area contributed by atoms with Gasteiger partial charge in [0.25, 0.3) is 11.5 Å². The first kappa shape index (κ1) is 18.7. The summed E-state index contributed by atoms with van der Waals surface area (Å²) in [5, 5.41) is 7.49. The molecule has 1 aliphatic heterocycles. The smallest absolute Gasteiger partial charge is 0.312 e. The highest BCUT2D eigenvalue weighted by atomic mass is 16.5. The molecule has 2 fully saturated rings. The topological polar surface area (TPSA) is 92.4 Å². The van der Waals surface area contributed by atoms with Crippen molar-refractivity contribution in [2.45, 2.75) is 51.0 Å². The van der Waals surface area contributed by atoms with Gasteiger partial charge < -0.3 is 9.64 Å². The summed E-state index contributed by atoms with van der Waals surface area (Å²) < 4.78 is 5.26. The highest BCUT2D eigenvalue weighted by Gasteiger charge is 2.35. The highest BCUT2D eigenvalue weighted by Crippen LogP contribution is 2.35. The maximum Gasteiger partial charge on any atom is 0.312 e. The van der Waals surface area contributed by atoms with Gasteiger partial charge in [-0.2, -0.15) is 5.10 Å². The molecule has 7 nitrogen and oxygen atoms in total. The van der Waals surface area contributed by atoms with Crippen molar-refractivity contribution in [3.8, 4) is 0 Å². The van der Waals surface area contributed by atoms with E-state index < -0.39 is 5.97 Å². The van der Waals surface area contributed by atoms with Crippen LogP contribution in [0.5, 0.6) is 0 Å². The van der Waals surface area contributed by atoms with Crippen LogP contribution in [0.4, 0.5) is 0 Å². The van der Waals surface area contributed by atoms with Crippen LogP contribution >= 0.6 is 0 Å². The molecular formula is C21H25N3O4. The third kappa shape index (κ3) is 3.79. The first-order valence-electron chi connectivity index (χ1n) is 10.0. The summed E-state index contributed by atoms with van der Waals surface area (Å²) in [5.41, 5.74) is 0.146. The first-order chi connectivity index (χ1) is 13.6. The summed E-state index contributed by atoms with van der Waals surface area (Å²) in [4.78, 5) is 38.7. The van der Waals surface area contributed by atoms with Crippen molar-refractivity contribution in [2.24, 2.45) is 5.92 Å². The van der Waals surface area contributed by atoms with Crippen LogP contribution < -0.4 is 5.56 Å². The molecule has 0 bridgehead atoms. The summed E-state index contributed by atoms with van der Waals surface area (Å²) in [6, 6.07) is 7.29. The molecule has 2 aliphatic rings. The zero-order valence-corrected chi connectivity index (χ0v) is 15.9. The minimum absolute atomic E-state index is 0.0867. The summed E-state index contributed by atoms with van der Waals surface area (Å²) in [6.45, 7) is 0.521. The van der Waals surface area contributed by atoms with Crippen LogP contribution in [0.2, 0.25) is 0 Å². The van der Waals surface area contributed by atoms with Crippen LogP contribution in [0.3, 0.4) is 0 Å². The number of likely N-dealkylation sites (tertiary alicyclic amines) is 1. The van der Waals surface area contributed by atoms with Gasteiger partial charge in [-0.15, -0.1) is 0 Å². The van der Waals surface area contributed by atoms with Crippen molar-refractivity contribution < 1.29 is 14.3 Å². The number of esters is 1. The molecule has 1 saturated carbocycles. The number of fused-ring (bicyclic) bond motifs is 2. The number of carbonyl (C=O) groups is 2. The van der Waals surface area contributed by atoms with Crippen molar-refractivity contribution in [1.29, 1.82) is 0 Å². The zero-order valence-electron chi connectivity index (χ0n) is 15.9. The van der Waals surface area contributed by atoms with Crippen molar-refractivity contribution in [3.63, 3.8) is 0 Å². The molecule has 1 aliphatic carbocycles. The second-order valence-electron chi connectivity index (χ2n) is 7.72. The minimum atomic E-state index is -0.518. The molecule has 28 heavy (non-hydrogen) atoms. The molecule has 0 spiro atoms. The third-order valence-corrected chi connectivity index (χ3v) is 6.01. The van der Waals surface area contributed by atoms with Crippen molar-refractivity contribution in [1.82, 2.24) is 15.1 Å². The number of aromatic amines is 1. The van der Waals surface area contributed by atoms with E-state index in [0.717, 1.165) is 25.8 Å². The summed E-state index contributed by atoms with van der Waals surface area (Å²) >= 11 is 0. The fourth-order valence-electron chi connectivity index (χ4n) is 4.65. The molecule has 1 aromatic heterocycles. The molecular weight excluding hydrogens is 358 g/mol. The molecule has 7 heteroatoms. The van der Waals surface area contributed by atoms with Gasteiger partial charge in [0, 0.05) is 18.0 Å². The number of hydrogen-bond donors (Lipinski definition) is 1. The van der Waals surface area contributed by atoms with E-state index in [2.05, 4.69) is 10.2 Å². The molecule has 1 N–H and O–H groups in total. The van der Waals surface area contributed by atoms with E-state index >= 15 is 0 Å². The van der Waals surface area contributed by atoms with Crippen LogP contribution in [0.25, 0.3) is 10.8 Å². The van der Waals surface area contributed by atoms with E-state index in [1.54, 1.807) is 24.3 Å². The molecule has 1 aromatic carbocycles. The lowest BCUT2D eigenvalue weighted by Crippen LogP contribution is -2.50. The molecule has 2 aromatic rings. The van der Waals surface area contributed by atoms with E-state index in [1.165, 1.54) is 19.3 Å². The molecule has 1 saturated heterocycles. The largest absolute Gasteiger partial charge is 0.455 e. The molecule has 0 radical (unpaired) electrons. The maximum absolute atomic E-state index is 12.7. The van der Waals surface area contributed by atoms with Crippen LogP contribution in [0.15, 0.2) is 29.1 Å². The van der Waals surface area contributed by atoms with Gasteiger partial charge in [-0.1, -0.05) is 31.0 Å². The normalized spacial score (nSPS) is 21.9. The Balaban J connectivity index is 1.38. The van der Waals surface area contributed by atoms with Crippen LogP contribution in [0.1, 0.15) is 44.2 Å². The quantitative estimate of drug-likeness (QED) is 0.817. The lowest BCUT2D eigenvalue weighted by Gasteiger charge is -2.44. The van der Waals surface area contributed by atoms with E-state index in [0.29, 0.717) is 28.4 Å². The van der Waals surface area contributed by atoms with E-state index in [9.17, 15) is 14.4 Å². The van der Waals surface area contributed by atoms with Gasteiger partial charge in [0.15, 0.2) is 6.61 Å². The summed E-state index contributed by atoms with van der Waals surface area (Å²) in [7, 11) is 0. The monoisotopic (exact) mass is 383 g/mol. The van der Waals surface area contributed by atoms with Gasteiger partial charge in [-0.3, -0.25) is 14.4 Å². The predicted octanol–water partition coefficient (Wildman–Crippen LogP) is 2.19. The molecule has 0 unspecified atom stereocenters. The Labute approximate surface area is 163 Å². The molecule has 4 rings (SSSR count). The van der Waals surface area contributed by atoms with E-state index in [4.69, 9.17) is 4.74 Å². The van der Waals surface area contributed by atoms with Crippen LogP contribution in [0, 0.1) is 5.92 Å². The van der Waals surface area contributed by atoms with Crippen LogP contribution in [-0.4, -0.2) is 46.2 Å². The number of hydrogen-bond acceptors (Lipinski definition) is 5. The summed E-state index contributed by atoms with van der Waals surface area (Å²) in [5.74, 6) is -0.0293. The van der Waals surface area contributed by atoms with Gasteiger partial charge >= 0.3 is 5.97 Å². The third-order valence-electron chi connectivity index (χ3n) is 6.01. The molecule has 148 valence electrons. The van der Waals surface area contributed by atoms with Gasteiger partial charge in [-0.05, 0) is 37.7 Å². The Hall–Kier alpha value is -2.70. The lowest BCUT2D eigenvalue weighted by atomic mass is 9.78. The Morgan fingerprint density at radius 3 is 2.71 bits per heavy atom. The number of piperidine rings is 1. The fraction of sp³-hybridized carbons (Fsp3) is 0.524. The highest BCUT2D eigenvalue weighted by molar-refractivity contribution is 5.87. The Kier molecular flexibility index (Phi) is 5.41. The number of carbonyl (C=O) groups excluding carboxylic acids is 2. The number of H-pyrrole nitrogens is 1. The number of ether oxygens (including phenoxy) is 1. The van der Waals surface area contributed by atoms with Gasteiger partial charge in [0.05, 0.1) is 17.5 Å². The first-order valence-corrected chi connectivity index (χ1v) is 10.0. The maximum atomic E-state index is 12.7. The fourth-order valence-corrected chi connectivity index (χ4v) is 4.65. The van der Waals surface area contributed by atoms with E-state index in [1.807, 2.05) is 4.90 Å². The second kappa shape index (κ2) is 8.12. The summed E-state index contributed by atoms with van der Waals surface area (Å²) in [6.07, 6.45) is 6.79. The molecule has 1 amide bonds.